The number of nitrogens with zero attached hydrogens (tertiary/aromatic N) is 3. The number of aliphatic hydroxyl groups is 1. The molecule has 1 atom stereocenters. The van der Waals surface area contributed by atoms with Crippen molar-refractivity contribution in [3.05, 3.63) is 59.3 Å². The summed E-state index contributed by atoms with van der Waals surface area (Å²) >= 11 is 6.18. The Labute approximate surface area is 128 Å². The molecule has 0 aliphatic rings. The van der Waals surface area contributed by atoms with Gasteiger partial charge in [-0.2, -0.15) is 0 Å². The lowest BCUT2D eigenvalue weighted by Gasteiger charge is -2.13. The Morgan fingerprint density at radius 1 is 1.24 bits per heavy atom. The van der Waals surface area contributed by atoms with Crippen molar-refractivity contribution in [3.8, 4) is 0 Å². The van der Waals surface area contributed by atoms with Crippen LogP contribution in [0, 0.1) is 0 Å². The summed E-state index contributed by atoms with van der Waals surface area (Å²) in [7, 11) is 1.95. The van der Waals surface area contributed by atoms with E-state index in [-0.39, 0.29) is 0 Å². The summed E-state index contributed by atoms with van der Waals surface area (Å²) in [5, 5.41) is 12.0. The van der Waals surface area contributed by atoms with Gasteiger partial charge in [-0.3, -0.25) is 4.98 Å². The monoisotopic (exact) mass is 301 g/mol. The normalized spacial score (nSPS) is 12.7. The van der Waals surface area contributed by atoms with E-state index in [0.29, 0.717) is 17.9 Å². The first-order valence-corrected chi connectivity index (χ1v) is 7.22. The molecule has 1 unspecified atom stereocenters. The van der Waals surface area contributed by atoms with Crippen LogP contribution in [0.25, 0.3) is 10.9 Å². The van der Waals surface area contributed by atoms with Crippen molar-refractivity contribution in [1.82, 2.24) is 14.5 Å². The maximum atomic E-state index is 10.5. The van der Waals surface area contributed by atoms with Gasteiger partial charge in [-0.1, -0.05) is 17.7 Å². The third kappa shape index (κ3) is 2.77. The number of aryl methyl sites for hydroxylation is 2. The molecular formula is C16H16ClN3O. The molecule has 4 nitrogen and oxygen atoms in total. The first-order chi connectivity index (χ1) is 10.2. The molecule has 0 aliphatic heterocycles. The van der Waals surface area contributed by atoms with Crippen LogP contribution in [0.4, 0.5) is 0 Å². The number of imidazole rings is 1. The van der Waals surface area contributed by atoms with Crippen molar-refractivity contribution in [2.75, 3.05) is 0 Å². The number of hydrogen-bond donors (Lipinski definition) is 1. The zero-order chi connectivity index (χ0) is 14.8. The molecule has 108 valence electrons. The van der Waals surface area contributed by atoms with E-state index in [1.807, 2.05) is 42.1 Å². The summed E-state index contributed by atoms with van der Waals surface area (Å²) in [6, 6.07) is 7.42. The van der Waals surface area contributed by atoms with E-state index in [1.165, 1.54) is 0 Å². The highest BCUT2D eigenvalue weighted by Gasteiger charge is 2.14. The Morgan fingerprint density at radius 2 is 2.10 bits per heavy atom. The van der Waals surface area contributed by atoms with Crippen LogP contribution >= 0.6 is 11.6 Å². The molecule has 3 aromatic rings. The summed E-state index contributed by atoms with van der Waals surface area (Å²) in [5.74, 6) is 0.959. The molecule has 2 aromatic heterocycles. The van der Waals surface area contributed by atoms with Crippen LogP contribution < -0.4 is 0 Å². The molecule has 0 fully saturated rings. The van der Waals surface area contributed by atoms with Crippen molar-refractivity contribution in [2.24, 2.45) is 7.05 Å². The lowest BCUT2D eigenvalue weighted by atomic mass is 10.0. The van der Waals surface area contributed by atoms with Gasteiger partial charge >= 0.3 is 0 Å². The number of hydrogen-bond acceptors (Lipinski definition) is 3. The molecule has 0 spiro atoms. The molecule has 0 aliphatic carbocycles. The number of halogens is 1. The second-order valence-electron chi connectivity index (χ2n) is 5.05. The summed E-state index contributed by atoms with van der Waals surface area (Å²) in [6.45, 7) is 0. The van der Waals surface area contributed by atoms with Gasteiger partial charge in [0.1, 0.15) is 5.82 Å². The highest BCUT2D eigenvalue weighted by molar-refractivity contribution is 6.35. The lowest BCUT2D eigenvalue weighted by Crippen LogP contribution is -2.04. The van der Waals surface area contributed by atoms with Gasteiger partial charge in [0.25, 0.3) is 0 Å². The van der Waals surface area contributed by atoms with Gasteiger partial charge in [0.2, 0.25) is 0 Å². The van der Waals surface area contributed by atoms with Crippen LogP contribution in [-0.4, -0.2) is 19.6 Å². The fourth-order valence-electron chi connectivity index (χ4n) is 2.49. The van der Waals surface area contributed by atoms with Crippen LogP contribution in [0.15, 0.2) is 42.9 Å². The van der Waals surface area contributed by atoms with E-state index in [2.05, 4.69) is 9.97 Å². The number of aromatic nitrogens is 3. The minimum absolute atomic E-state index is 0.587. The Kier molecular flexibility index (Phi) is 3.90. The number of benzene rings is 1. The number of aliphatic hydroxyl groups excluding tert-OH is 1. The van der Waals surface area contributed by atoms with Gasteiger partial charge < -0.3 is 9.67 Å². The van der Waals surface area contributed by atoms with Crippen LogP contribution in [0.5, 0.6) is 0 Å². The number of rotatable bonds is 4. The molecule has 1 N–H and O–H groups in total. The smallest absolute Gasteiger partial charge is 0.108 e. The van der Waals surface area contributed by atoms with Crippen molar-refractivity contribution >= 4 is 22.5 Å². The summed E-state index contributed by atoms with van der Waals surface area (Å²) in [5.41, 5.74) is 1.57. The van der Waals surface area contributed by atoms with Gasteiger partial charge in [-0.25, -0.2) is 4.98 Å². The van der Waals surface area contributed by atoms with Gasteiger partial charge in [-0.05, 0) is 24.6 Å². The van der Waals surface area contributed by atoms with E-state index in [0.717, 1.165) is 22.3 Å². The van der Waals surface area contributed by atoms with Gasteiger partial charge in [-0.15, -0.1) is 0 Å². The SMILES string of the molecule is Cn1ccnc1CCC(O)c1ccc(Cl)c2cccnc12. The molecule has 0 saturated heterocycles. The van der Waals surface area contributed by atoms with E-state index in [9.17, 15) is 5.11 Å². The highest BCUT2D eigenvalue weighted by atomic mass is 35.5. The standard InChI is InChI=1S/C16H16ClN3O/c1-20-10-9-18-15(20)7-6-14(21)12-4-5-13(17)11-3-2-8-19-16(11)12/h2-5,8-10,14,21H,6-7H2,1H3. The summed E-state index contributed by atoms with van der Waals surface area (Å²) < 4.78 is 1.96. The van der Waals surface area contributed by atoms with E-state index in [4.69, 9.17) is 11.6 Å². The predicted octanol–water partition coefficient (Wildman–Crippen LogP) is 3.29. The van der Waals surface area contributed by atoms with Crippen LogP contribution in [0.1, 0.15) is 23.9 Å². The molecule has 0 amide bonds. The Hall–Kier alpha value is -1.91. The first kappa shape index (κ1) is 14.0. The van der Waals surface area contributed by atoms with E-state index in [1.54, 1.807) is 12.4 Å². The van der Waals surface area contributed by atoms with Gasteiger partial charge in [0.15, 0.2) is 0 Å². The molecule has 3 rings (SSSR count). The molecular weight excluding hydrogens is 286 g/mol. The number of pyridine rings is 1. The molecule has 0 radical (unpaired) electrons. The average Bonchev–Trinajstić information content (AvgIpc) is 2.91. The average molecular weight is 302 g/mol. The van der Waals surface area contributed by atoms with E-state index < -0.39 is 6.10 Å². The maximum Gasteiger partial charge on any atom is 0.108 e. The van der Waals surface area contributed by atoms with Crippen molar-refractivity contribution < 1.29 is 5.11 Å². The van der Waals surface area contributed by atoms with Crippen LogP contribution in [-0.2, 0) is 13.5 Å². The summed E-state index contributed by atoms with van der Waals surface area (Å²) in [4.78, 5) is 8.63. The minimum Gasteiger partial charge on any atom is -0.388 e. The second-order valence-corrected chi connectivity index (χ2v) is 5.45. The topological polar surface area (TPSA) is 50.9 Å². The zero-order valence-corrected chi connectivity index (χ0v) is 12.5. The van der Waals surface area contributed by atoms with Crippen LogP contribution in [0.3, 0.4) is 0 Å². The summed E-state index contributed by atoms with van der Waals surface area (Å²) in [6.07, 6.45) is 6.10. The van der Waals surface area contributed by atoms with E-state index >= 15 is 0 Å². The molecule has 1 aromatic carbocycles. The first-order valence-electron chi connectivity index (χ1n) is 6.84. The van der Waals surface area contributed by atoms with Crippen molar-refractivity contribution in [3.63, 3.8) is 0 Å². The third-order valence-corrected chi connectivity index (χ3v) is 4.00. The quantitative estimate of drug-likeness (QED) is 0.804. The fraction of sp³-hybridized carbons (Fsp3) is 0.250. The molecule has 2 heterocycles. The Balaban J connectivity index is 1.86. The molecule has 0 saturated carbocycles. The van der Waals surface area contributed by atoms with Gasteiger partial charge in [0.05, 0.1) is 11.6 Å². The molecule has 5 heteroatoms. The molecule has 21 heavy (non-hydrogen) atoms. The highest BCUT2D eigenvalue weighted by Crippen LogP contribution is 2.30. The molecule has 0 bridgehead atoms. The second kappa shape index (κ2) is 5.84. The van der Waals surface area contributed by atoms with Crippen molar-refractivity contribution in [2.45, 2.75) is 18.9 Å². The largest absolute Gasteiger partial charge is 0.388 e. The Morgan fingerprint density at radius 3 is 2.86 bits per heavy atom. The Bertz CT molecular complexity index is 769. The lowest BCUT2D eigenvalue weighted by molar-refractivity contribution is 0.168. The number of fused-ring (bicyclic) bond motifs is 1. The van der Waals surface area contributed by atoms with Crippen LogP contribution in [0.2, 0.25) is 5.02 Å². The third-order valence-electron chi connectivity index (χ3n) is 3.67. The zero-order valence-electron chi connectivity index (χ0n) is 11.7. The predicted molar refractivity (Wildman–Crippen MR) is 83.2 cm³/mol. The minimum atomic E-state index is -0.587. The fourth-order valence-corrected chi connectivity index (χ4v) is 2.70. The van der Waals surface area contributed by atoms with Crippen molar-refractivity contribution in [1.29, 1.82) is 0 Å². The maximum absolute atomic E-state index is 10.5. The van der Waals surface area contributed by atoms with Gasteiger partial charge in [0, 0.05) is 48.0 Å².